The van der Waals surface area contributed by atoms with Gasteiger partial charge < -0.3 is 0 Å². The van der Waals surface area contributed by atoms with Crippen LogP contribution in [0.3, 0.4) is 0 Å². The van der Waals surface area contributed by atoms with E-state index in [9.17, 15) is 0 Å². The average Bonchev–Trinajstić information content (AvgIpc) is 2.89. The SMILES string of the molecule is CC.CC(C)C1(C)c2ccsc2CC2CC21. The monoisotopic (exact) mass is 236 g/mol. The summed E-state index contributed by atoms with van der Waals surface area (Å²) in [5.74, 6) is 2.80. The maximum atomic E-state index is 2.49. The average molecular weight is 236 g/mol. The van der Waals surface area contributed by atoms with Crippen LogP contribution in [0.1, 0.15) is 51.5 Å². The van der Waals surface area contributed by atoms with Gasteiger partial charge in [-0.15, -0.1) is 11.3 Å². The van der Waals surface area contributed by atoms with Crippen LogP contribution in [0.25, 0.3) is 0 Å². The molecule has 0 radical (unpaired) electrons. The van der Waals surface area contributed by atoms with E-state index >= 15 is 0 Å². The molecule has 2 aliphatic carbocycles. The van der Waals surface area contributed by atoms with Crippen LogP contribution in [-0.4, -0.2) is 0 Å². The van der Waals surface area contributed by atoms with Gasteiger partial charge in [-0.25, -0.2) is 0 Å². The molecule has 2 aliphatic rings. The quantitative estimate of drug-likeness (QED) is 0.652. The minimum atomic E-state index is 0.484. The van der Waals surface area contributed by atoms with Gasteiger partial charge in [0, 0.05) is 4.88 Å². The third kappa shape index (κ3) is 1.55. The van der Waals surface area contributed by atoms with Gasteiger partial charge in [-0.05, 0) is 53.0 Å². The lowest BCUT2D eigenvalue weighted by atomic mass is 9.66. The summed E-state index contributed by atoms with van der Waals surface area (Å²) >= 11 is 1.98. The Morgan fingerprint density at radius 3 is 2.69 bits per heavy atom. The largest absolute Gasteiger partial charge is 0.149 e. The highest BCUT2D eigenvalue weighted by molar-refractivity contribution is 7.10. The van der Waals surface area contributed by atoms with E-state index in [0.717, 1.165) is 17.8 Å². The van der Waals surface area contributed by atoms with Crippen LogP contribution in [0.5, 0.6) is 0 Å². The zero-order valence-electron chi connectivity index (χ0n) is 11.2. The molecular weight excluding hydrogens is 212 g/mol. The summed E-state index contributed by atoms with van der Waals surface area (Å²) in [4.78, 5) is 1.68. The molecule has 0 spiro atoms. The molecule has 1 aromatic rings. The number of hydrogen-bond donors (Lipinski definition) is 0. The van der Waals surface area contributed by atoms with Gasteiger partial charge in [0.2, 0.25) is 0 Å². The van der Waals surface area contributed by atoms with Crippen molar-refractivity contribution >= 4 is 11.3 Å². The van der Waals surface area contributed by atoms with Gasteiger partial charge in [0.05, 0.1) is 0 Å². The van der Waals surface area contributed by atoms with Crippen LogP contribution in [0.15, 0.2) is 11.4 Å². The fraction of sp³-hybridized carbons (Fsp3) is 0.733. The van der Waals surface area contributed by atoms with Crippen molar-refractivity contribution in [2.24, 2.45) is 17.8 Å². The number of fused-ring (bicyclic) bond motifs is 2. The molecule has 0 N–H and O–H groups in total. The molecule has 0 amide bonds. The van der Waals surface area contributed by atoms with E-state index in [-0.39, 0.29) is 0 Å². The maximum absolute atomic E-state index is 2.49. The highest BCUT2D eigenvalue weighted by atomic mass is 32.1. The van der Waals surface area contributed by atoms with E-state index < -0.39 is 0 Å². The normalized spacial score (nSPS) is 34.9. The lowest BCUT2D eigenvalue weighted by molar-refractivity contribution is 0.267. The van der Waals surface area contributed by atoms with Gasteiger partial charge in [-0.1, -0.05) is 34.6 Å². The van der Waals surface area contributed by atoms with Crippen molar-refractivity contribution < 1.29 is 0 Å². The molecular formula is C15H24S. The van der Waals surface area contributed by atoms with Gasteiger partial charge in [0.25, 0.3) is 0 Å². The summed E-state index contributed by atoms with van der Waals surface area (Å²) in [6, 6.07) is 2.38. The molecule has 90 valence electrons. The molecule has 1 fully saturated rings. The fourth-order valence-electron chi connectivity index (χ4n) is 3.36. The van der Waals surface area contributed by atoms with E-state index in [1.165, 1.54) is 12.8 Å². The summed E-state index contributed by atoms with van der Waals surface area (Å²) in [6.45, 7) is 11.3. The zero-order valence-corrected chi connectivity index (χ0v) is 12.0. The molecule has 16 heavy (non-hydrogen) atoms. The van der Waals surface area contributed by atoms with Crippen molar-refractivity contribution in [1.29, 1.82) is 0 Å². The smallest absolute Gasteiger partial charge is 0.00858 e. The van der Waals surface area contributed by atoms with Crippen molar-refractivity contribution in [3.05, 3.63) is 21.9 Å². The predicted molar refractivity (Wildman–Crippen MR) is 73.2 cm³/mol. The fourth-order valence-corrected chi connectivity index (χ4v) is 4.46. The molecule has 3 atom stereocenters. The first-order valence-electron chi connectivity index (χ1n) is 6.71. The first kappa shape index (κ1) is 12.2. The Balaban J connectivity index is 0.000000457. The van der Waals surface area contributed by atoms with Crippen molar-refractivity contribution in [2.75, 3.05) is 0 Å². The molecule has 1 aromatic heterocycles. The molecule has 0 aromatic carbocycles. The topological polar surface area (TPSA) is 0 Å². The lowest BCUT2D eigenvalue weighted by Gasteiger charge is -2.38. The van der Waals surface area contributed by atoms with Crippen molar-refractivity contribution in [2.45, 2.75) is 52.9 Å². The predicted octanol–water partition coefficient (Wildman–Crippen LogP) is 4.88. The molecule has 1 heterocycles. The second kappa shape index (κ2) is 4.18. The number of thiophene rings is 1. The molecule has 1 saturated carbocycles. The Morgan fingerprint density at radius 1 is 1.38 bits per heavy atom. The second-order valence-corrected chi connectivity index (χ2v) is 6.50. The third-order valence-corrected chi connectivity index (χ3v) is 5.61. The van der Waals surface area contributed by atoms with Crippen molar-refractivity contribution in [3.63, 3.8) is 0 Å². The molecule has 0 aliphatic heterocycles. The van der Waals surface area contributed by atoms with Crippen LogP contribution in [-0.2, 0) is 11.8 Å². The minimum Gasteiger partial charge on any atom is -0.149 e. The Kier molecular flexibility index (Phi) is 3.18. The van der Waals surface area contributed by atoms with Crippen molar-refractivity contribution in [3.8, 4) is 0 Å². The van der Waals surface area contributed by atoms with E-state index in [2.05, 4.69) is 32.2 Å². The molecule has 0 nitrogen and oxygen atoms in total. The highest BCUT2D eigenvalue weighted by Crippen LogP contribution is 2.61. The van der Waals surface area contributed by atoms with Crippen LogP contribution >= 0.6 is 11.3 Å². The van der Waals surface area contributed by atoms with Gasteiger partial charge in [-0.2, -0.15) is 0 Å². The van der Waals surface area contributed by atoms with E-state index in [0.29, 0.717) is 5.41 Å². The second-order valence-electron chi connectivity index (χ2n) is 5.50. The molecule has 0 saturated heterocycles. The molecule has 1 heteroatoms. The maximum Gasteiger partial charge on any atom is 0.00858 e. The standard InChI is InChI=1S/C13H18S.C2H6/c1-8(2)13(3)10-4-5-14-12(10)7-9-6-11(9)13;1-2/h4-5,8-9,11H,6-7H2,1-3H3;1-2H3. The van der Waals surface area contributed by atoms with Crippen LogP contribution in [0.4, 0.5) is 0 Å². The van der Waals surface area contributed by atoms with Crippen LogP contribution in [0.2, 0.25) is 0 Å². The van der Waals surface area contributed by atoms with Gasteiger partial charge in [-0.3, -0.25) is 0 Å². The molecule has 3 unspecified atom stereocenters. The summed E-state index contributed by atoms with van der Waals surface area (Å²) in [6.07, 6.45) is 2.86. The summed E-state index contributed by atoms with van der Waals surface area (Å²) in [7, 11) is 0. The Bertz CT molecular complexity index is 363. The first-order valence-corrected chi connectivity index (χ1v) is 7.59. The number of hydrogen-bond acceptors (Lipinski definition) is 1. The highest BCUT2D eigenvalue weighted by Gasteiger charge is 2.55. The minimum absolute atomic E-state index is 0.484. The Morgan fingerprint density at radius 2 is 2.06 bits per heavy atom. The zero-order chi connectivity index (χ0) is 11.9. The van der Waals surface area contributed by atoms with E-state index in [4.69, 9.17) is 0 Å². The van der Waals surface area contributed by atoms with Crippen LogP contribution in [0, 0.1) is 17.8 Å². The number of rotatable bonds is 1. The lowest BCUT2D eigenvalue weighted by Crippen LogP contribution is -2.34. The van der Waals surface area contributed by atoms with E-state index in [1.54, 1.807) is 10.4 Å². The summed E-state index contributed by atoms with van der Waals surface area (Å²) < 4.78 is 0. The third-order valence-electron chi connectivity index (χ3n) is 4.67. The van der Waals surface area contributed by atoms with Gasteiger partial charge in [0.1, 0.15) is 0 Å². The summed E-state index contributed by atoms with van der Waals surface area (Å²) in [5, 5.41) is 2.29. The van der Waals surface area contributed by atoms with Crippen LogP contribution < -0.4 is 0 Å². The Labute approximate surface area is 104 Å². The first-order chi connectivity index (χ1) is 7.64. The molecule has 3 rings (SSSR count). The van der Waals surface area contributed by atoms with Gasteiger partial charge >= 0.3 is 0 Å². The van der Waals surface area contributed by atoms with Crippen molar-refractivity contribution in [1.82, 2.24) is 0 Å². The van der Waals surface area contributed by atoms with E-state index in [1.807, 2.05) is 25.2 Å². The summed E-state index contributed by atoms with van der Waals surface area (Å²) in [5.41, 5.74) is 2.16. The molecule has 0 bridgehead atoms. The Hall–Kier alpha value is -0.300. The van der Waals surface area contributed by atoms with Gasteiger partial charge in [0.15, 0.2) is 0 Å².